The molecule has 0 radical (unpaired) electrons. The highest BCUT2D eigenvalue weighted by Crippen LogP contribution is 2.47. The minimum atomic E-state index is -0.117. The third-order valence-electron chi connectivity index (χ3n) is 5.47. The summed E-state index contributed by atoms with van der Waals surface area (Å²) in [5.41, 5.74) is 6.71. The lowest BCUT2D eigenvalue weighted by Gasteiger charge is -2.19. The first-order valence-electron chi connectivity index (χ1n) is 9.55. The number of aryl methyl sites for hydroxylation is 1. The predicted molar refractivity (Wildman–Crippen MR) is 111 cm³/mol. The van der Waals surface area contributed by atoms with E-state index in [4.69, 9.17) is 0 Å². The van der Waals surface area contributed by atoms with Crippen LogP contribution in [0.1, 0.15) is 60.9 Å². The smallest absolute Gasteiger partial charge is 0.243 e. The second-order valence-electron chi connectivity index (χ2n) is 8.65. The van der Waals surface area contributed by atoms with Crippen molar-refractivity contribution in [3.63, 3.8) is 0 Å². The van der Waals surface area contributed by atoms with Crippen molar-refractivity contribution < 1.29 is 15.0 Å². The molecule has 3 N–H and O–H groups in total. The van der Waals surface area contributed by atoms with Crippen molar-refractivity contribution in [1.29, 1.82) is 0 Å². The predicted octanol–water partition coefficient (Wildman–Crippen LogP) is 4.27. The van der Waals surface area contributed by atoms with Gasteiger partial charge in [0.15, 0.2) is 0 Å². The summed E-state index contributed by atoms with van der Waals surface area (Å²) in [6.45, 7) is 9.94. The summed E-state index contributed by atoms with van der Waals surface area (Å²) in [7, 11) is 0. The molecule has 0 heterocycles. The van der Waals surface area contributed by atoms with E-state index in [2.05, 4.69) is 55.6 Å². The maximum atomic E-state index is 12.4. The van der Waals surface area contributed by atoms with E-state index < -0.39 is 0 Å². The van der Waals surface area contributed by atoms with Crippen molar-refractivity contribution >= 4 is 12.1 Å². The van der Waals surface area contributed by atoms with Gasteiger partial charge < -0.3 is 10.2 Å². The molecule has 0 spiro atoms. The fraction of sp³-hybridized carbons (Fsp3) is 0.391. The van der Waals surface area contributed by atoms with Gasteiger partial charge in [0.2, 0.25) is 5.91 Å². The number of phenols is 2. The SMILES string of the molecule is Cc1cc(O)c(C)c(O)c1/C=N/NC(=O)C1CC1c1ccc(C(C)(C)C)cc1. The Morgan fingerprint density at radius 2 is 1.82 bits per heavy atom. The molecule has 2 unspecified atom stereocenters. The van der Waals surface area contributed by atoms with Gasteiger partial charge in [0.1, 0.15) is 11.5 Å². The van der Waals surface area contributed by atoms with Crippen LogP contribution in [0, 0.1) is 19.8 Å². The summed E-state index contributed by atoms with van der Waals surface area (Å²) >= 11 is 0. The van der Waals surface area contributed by atoms with E-state index in [-0.39, 0.29) is 34.7 Å². The monoisotopic (exact) mass is 380 g/mol. The Morgan fingerprint density at radius 3 is 2.43 bits per heavy atom. The summed E-state index contributed by atoms with van der Waals surface area (Å²) < 4.78 is 0. The first-order chi connectivity index (χ1) is 13.1. The van der Waals surface area contributed by atoms with E-state index in [0.29, 0.717) is 16.7 Å². The molecule has 5 heteroatoms. The first-order valence-corrected chi connectivity index (χ1v) is 9.55. The Balaban J connectivity index is 1.62. The Bertz CT molecular complexity index is 924. The van der Waals surface area contributed by atoms with Gasteiger partial charge in [-0.15, -0.1) is 0 Å². The van der Waals surface area contributed by atoms with Crippen molar-refractivity contribution in [2.24, 2.45) is 11.0 Å². The lowest BCUT2D eigenvalue weighted by Crippen LogP contribution is -2.20. The van der Waals surface area contributed by atoms with Gasteiger partial charge in [0.05, 0.1) is 6.21 Å². The minimum absolute atomic E-state index is 0.0289. The second-order valence-corrected chi connectivity index (χ2v) is 8.65. The van der Waals surface area contributed by atoms with Crippen molar-refractivity contribution in [2.45, 2.75) is 52.4 Å². The van der Waals surface area contributed by atoms with E-state index in [1.807, 2.05) is 0 Å². The van der Waals surface area contributed by atoms with Crippen molar-refractivity contribution in [1.82, 2.24) is 5.43 Å². The number of nitrogens with one attached hydrogen (secondary N) is 1. The zero-order chi connectivity index (χ0) is 20.6. The fourth-order valence-electron chi connectivity index (χ4n) is 3.39. The maximum absolute atomic E-state index is 12.4. The number of carbonyl (C=O) groups is 1. The molecule has 1 aliphatic rings. The molecule has 1 amide bonds. The number of hydrogen-bond acceptors (Lipinski definition) is 4. The zero-order valence-corrected chi connectivity index (χ0v) is 17.1. The van der Waals surface area contributed by atoms with Crippen LogP contribution < -0.4 is 5.43 Å². The van der Waals surface area contributed by atoms with E-state index in [1.165, 1.54) is 17.3 Å². The molecule has 28 heavy (non-hydrogen) atoms. The highest BCUT2D eigenvalue weighted by atomic mass is 16.3. The van der Waals surface area contributed by atoms with Crippen LogP contribution in [0.15, 0.2) is 35.4 Å². The molecule has 1 aliphatic carbocycles. The Hall–Kier alpha value is -2.82. The van der Waals surface area contributed by atoms with Crippen molar-refractivity contribution in [3.8, 4) is 11.5 Å². The lowest BCUT2D eigenvalue weighted by molar-refractivity contribution is -0.122. The van der Waals surface area contributed by atoms with Crippen molar-refractivity contribution in [3.05, 3.63) is 58.1 Å². The van der Waals surface area contributed by atoms with E-state index in [9.17, 15) is 15.0 Å². The number of benzene rings is 2. The Labute approximate surface area is 166 Å². The molecule has 0 bridgehead atoms. The number of carbonyl (C=O) groups excluding carboxylic acids is 1. The molecular formula is C23H28N2O3. The number of aromatic hydroxyl groups is 2. The van der Waals surface area contributed by atoms with Crippen molar-refractivity contribution in [2.75, 3.05) is 0 Å². The third-order valence-corrected chi connectivity index (χ3v) is 5.47. The quantitative estimate of drug-likeness (QED) is 0.547. The number of nitrogens with zero attached hydrogens (tertiary/aromatic N) is 1. The van der Waals surface area contributed by atoms with Crippen LogP contribution in [0.4, 0.5) is 0 Å². The van der Waals surface area contributed by atoms with Crippen LogP contribution in [0.3, 0.4) is 0 Å². The number of phenolic OH excluding ortho intramolecular Hbond substituents is 2. The van der Waals surface area contributed by atoms with Gasteiger partial charge >= 0.3 is 0 Å². The van der Waals surface area contributed by atoms with Crippen LogP contribution >= 0.6 is 0 Å². The molecule has 2 aromatic rings. The van der Waals surface area contributed by atoms with E-state index in [0.717, 1.165) is 6.42 Å². The molecule has 0 saturated heterocycles. The first kappa shape index (κ1) is 19.9. The summed E-state index contributed by atoms with van der Waals surface area (Å²) in [5.74, 6) is 0.0474. The molecule has 1 fully saturated rings. The van der Waals surface area contributed by atoms with Crippen LogP contribution in [0.2, 0.25) is 0 Å². The van der Waals surface area contributed by atoms with Gasteiger partial charge in [0.25, 0.3) is 0 Å². The Morgan fingerprint density at radius 1 is 1.18 bits per heavy atom. The highest BCUT2D eigenvalue weighted by molar-refractivity contribution is 5.89. The average molecular weight is 380 g/mol. The fourth-order valence-corrected chi connectivity index (χ4v) is 3.39. The second kappa shape index (κ2) is 7.30. The molecule has 148 valence electrons. The van der Waals surface area contributed by atoms with Gasteiger partial charge in [-0.3, -0.25) is 4.79 Å². The van der Waals surface area contributed by atoms with E-state index in [1.54, 1.807) is 19.9 Å². The van der Waals surface area contributed by atoms with Gasteiger partial charge in [-0.05, 0) is 54.4 Å². The van der Waals surface area contributed by atoms with Crippen LogP contribution in [-0.2, 0) is 10.2 Å². The summed E-state index contributed by atoms with van der Waals surface area (Å²) in [6, 6.07) is 10.1. The zero-order valence-electron chi connectivity index (χ0n) is 17.1. The molecular weight excluding hydrogens is 352 g/mol. The van der Waals surface area contributed by atoms with Gasteiger partial charge in [-0.2, -0.15) is 5.10 Å². The number of hydrogen-bond donors (Lipinski definition) is 3. The van der Waals surface area contributed by atoms with Gasteiger partial charge in [-0.1, -0.05) is 45.0 Å². The van der Waals surface area contributed by atoms with Crippen LogP contribution in [-0.4, -0.2) is 22.3 Å². The molecule has 1 saturated carbocycles. The average Bonchev–Trinajstić information content (AvgIpc) is 3.43. The van der Waals surface area contributed by atoms with Crippen LogP contribution in [0.5, 0.6) is 11.5 Å². The van der Waals surface area contributed by atoms with Gasteiger partial charge in [-0.25, -0.2) is 5.43 Å². The topological polar surface area (TPSA) is 81.9 Å². The summed E-state index contributed by atoms with van der Waals surface area (Å²) in [5, 5.41) is 23.9. The van der Waals surface area contributed by atoms with E-state index >= 15 is 0 Å². The molecule has 3 rings (SSSR count). The molecule has 0 aromatic heterocycles. The lowest BCUT2D eigenvalue weighted by atomic mass is 9.86. The standard InChI is InChI=1S/C23H28N2O3/c1-13-10-20(26)14(2)21(27)19(13)12-24-25-22(28)18-11-17(18)15-6-8-16(9-7-15)23(3,4)5/h6-10,12,17-18,26-27H,11H2,1-5H3,(H,25,28)/b24-12+. The number of rotatable bonds is 4. The summed E-state index contributed by atoms with van der Waals surface area (Å²) in [6.07, 6.45) is 2.24. The van der Waals surface area contributed by atoms with Gasteiger partial charge in [0, 0.05) is 17.0 Å². The van der Waals surface area contributed by atoms with Crippen LogP contribution in [0.25, 0.3) is 0 Å². The number of amides is 1. The number of hydrazone groups is 1. The Kier molecular flexibility index (Phi) is 5.20. The third kappa shape index (κ3) is 4.03. The highest BCUT2D eigenvalue weighted by Gasteiger charge is 2.44. The minimum Gasteiger partial charge on any atom is -0.508 e. The summed E-state index contributed by atoms with van der Waals surface area (Å²) in [4.78, 5) is 12.4. The molecule has 2 aromatic carbocycles. The molecule has 0 aliphatic heterocycles. The molecule has 5 nitrogen and oxygen atoms in total. The maximum Gasteiger partial charge on any atom is 0.243 e. The largest absolute Gasteiger partial charge is 0.508 e. The molecule has 2 atom stereocenters. The normalized spacial score (nSPS) is 19.0.